The molecule has 0 unspecified atom stereocenters. The van der Waals surface area contributed by atoms with E-state index in [1.54, 1.807) is 5.32 Å². The van der Waals surface area contributed by atoms with Crippen molar-refractivity contribution in [3.05, 3.63) is 23.9 Å². The molecule has 0 saturated heterocycles. The minimum absolute atomic E-state index is 1.12. The van der Waals surface area contributed by atoms with Crippen molar-refractivity contribution in [2.45, 2.75) is 26.7 Å². The quantitative estimate of drug-likeness (QED) is 0.582. The Labute approximate surface area is 97.5 Å². The largest absolute Gasteiger partial charge is 0.373 e. The zero-order chi connectivity index (χ0) is 12.2. The van der Waals surface area contributed by atoms with Crippen molar-refractivity contribution in [1.29, 1.82) is 10.5 Å². The number of hydrogen-bond acceptors (Lipinski definition) is 4. The molecule has 0 bridgehead atoms. The summed E-state index contributed by atoms with van der Waals surface area (Å²) in [6.07, 6.45) is 11.9. The van der Waals surface area contributed by atoms with Crippen LogP contribution in [0.1, 0.15) is 26.7 Å². The second-order valence-corrected chi connectivity index (χ2v) is 3.53. The molecule has 0 aliphatic carbocycles. The summed E-state index contributed by atoms with van der Waals surface area (Å²) in [7, 11) is 0. The second kappa shape index (κ2) is 9.61. The summed E-state index contributed by atoms with van der Waals surface area (Å²) in [6.45, 7) is 6.74. The van der Waals surface area contributed by atoms with Crippen LogP contribution in [0.5, 0.6) is 0 Å². The molecule has 0 atom stereocenters. The zero-order valence-electron chi connectivity index (χ0n) is 9.90. The predicted octanol–water partition coefficient (Wildman–Crippen LogP) is 2.10. The first-order valence-electron chi connectivity index (χ1n) is 5.35. The average Bonchev–Trinajstić information content (AvgIpc) is 2.28. The van der Waals surface area contributed by atoms with Crippen molar-refractivity contribution in [3.63, 3.8) is 0 Å². The third kappa shape index (κ3) is 7.46. The van der Waals surface area contributed by atoms with E-state index in [1.165, 1.54) is 37.3 Å². The van der Waals surface area contributed by atoms with Gasteiger partial charge in [0.2, 0.25) is 0 Å². The third-order valence-corrected chi connectivity index (χ3v) is 2.04. The van der Waals surface area contributed by atoms with E-state index in [4.69, 9.17) is 10.5 Å². The van der Waals surface area contributed by atoms with Crippen LogP contribution in [0.25, 0.3) is 0 Å². The smallest absolute Gasteiger partial charge is 0.190 e. The first-order valence-corrected chi connectivity index (χ1v) is 5.35. The molecular formula is C12H18N4. The summed E-state index contributed by atoms with van der Waals surface area (Å²) < 4.78 is 0. The third-order valence-electron chi connectivity index (χ3n) is 2.04. The Morgan fingerprint density at radius 2 is 2.12 bits per heavy atom. The van der Waals surface area contributed by atoms with E-state index < -0.39 is 0 Å². The number of allylic oxidation sites excluding steroid dienone is 2. The Kier molecular flexibility index (Phi) is 8.44. The number of nitriles is 2. The molecule has 0 fully saturated rings. The van der Waals surface area contributed by atoms with E-state index in [1.807, 2.05) is 0 Å². The number of hydrogen-bond donors (Lipinski definition) is 1. The summed E-state index contributed by atoms with van der Waals surface area (Å²) in [5, 5.41) is 16.7. The van der Waals surface area contributed by atoms with Crippen molar-refractivity contribution < 1.29 is 0 Å². The van der Waals surface area contributed by atoms with Crippen LogP contribution in [0, 0.1) is 22.9 Å². The van der Waals surface area contributed by atoms with Crippen LogP contribution in [-0.4, -0.2) is 18.0 Å². The van der Waals surface area contributed by atoms with Crippen LogP contribution < -0.4 is 5.32 Å². The summed E-state index contributed by atoms with van der Waals surface area (Å²) >= 11 is 0. The van der Waals surface area contributed by atoms with Gasteiger partial charge in [0.15, 0.2) is 12.4 Å². The SMILES string of the molecule is CCCCN1C=CC=C(C)C1.N#CNC#N. The van der Waals surface area contributed by atoms with E-state index in [0.717, 1.165) is 6.54 Å². The minimum atomic E-state index is 1.12. The van der Waals surface area contributed by atoms with E-state index in [-0.39, 0.29) is 0 Å². The highest BCUT2D eigenvalue weighted by atomic mass is 15.1. The first-order chi connectivity index (χ1) is 7.74. The monoisotopic (exact) mass is 218 g/mol. The fraction of sp³-hybridized carbons (Fsp3) is 0.500. The molecule has 1 N–H and O–H groups in total. The topological polar surface area (TPSA) is 62.9 Å². The van der Waals surface area contributed by atoms with Gasteiger partial charge in [0.25, 0.3) is 0 Å². The van der Waals surface area contributed by atoms with Gasteiger partial charge in [-0.1, -0.05) is 25.0 Å². The standard InChI is InChI=1S/C10H17N.C2HN3/c1-3-4-7-11-8-5-6-10(2)9-11;3-1-5-2-4/h5-6,8H,3-4,7,9H2,1-2H3;5H. The van der Waals surface area contributed by atoms with Crippen molar-refractivity contribution in [2.75, 3.05) is 13.1 Å². The van der Waals surface area contributed by atoms with E-state index in [2.05, 4.69) is 37.1 Å². The Hall–Kier alpha value is -1.94. The van der Waals surface area contributed by atoms with Crippen molar-refractivity contribution in [3.8, 4) is 12.4 Å². The lowest BCUT2D eigenvalue weighted by Gasteiger charge is -2.22. The van der Waals surface area contributed by atoms with Crippen molar-refractivity contribution >= 4 is 0 Å². The molecule has 0 aromatic carbocycles. The number of nitrogens with one attached hydrogen (secondary N) is 1. The molecule has 16 heavy (non-hydrogen) atoms. The molecule has 0 aromatic rings. The number of nitrogens with zero attached hydrogens (tertiary/aromatic N) is 3. The van der Waals surface area contributed by atoms with Crippen LogP contribution in [-0.2, 0) is 0 Å². The number of unbranched alkanes of at least 4 members (excludes halogenated alkanes) is 1. The van der Waals surface area contributed by atoms with Gasteiger partial charge in [0, 0.05) is 13.1 Å². The van der Waals surface area contributed by atoms with E-state index in [9.17, 15) is 0 Å². The van der Waals surface area contributed by atoms with Gasteiger partial charge < -0.3 is 4.90 Å². The van der Waals surface area contributed by atoms with Gasteiger partial charge in [-0.2, -0.15) is 10.5 Å². The molecule has 1 aliphatic heterocycles. The summed E-state index contributed by atoms with van der Waals surface area (Å²) in [5.74, 6) is 0. The molecule has 0 saturated carbocycles. The first kappa shape index (κ1) is 14.1. The molecule has 4 heteroatoms. The summed E-state index contributed by atoms with van der Waals surface area (Å²) in [5.41, 5.74) is 1.46. The number of rotatable bonds is 3. The van der Waals surface area contributed by atoms with E-state index >= 15 is 0 Å². The lowest BCUT2D eigenvalue weighted by atomic mass is 10.2. The molecule has 0 radical (unpaired) electrons. The maximum Gasteiger partial charge on any atom is 0.190 e. The predicted molar refractivity (Wildman–Crippen MR) is 63.7 cm³/mol. The lowest BCUT2D eigenvalue weighted by molar-refractivity contribution is 0.392. The van der Waals surface area contributed by atoms with E-state index in [0.29, 0.717) is 0 Å². The van der Waals surface area contributed by atoms with Crippen molar-refractivity contribution in [2.24, 2.45) is 0 Å². The van der Waals surface area contributed by atoms with Gasteiger partial charge >= 0.3 is 0 Å². The highest BCUT2D eigenvalue weighted by molar-refractivity contribution is 5.16. The van der Waals surface area contributed by atoms with Gasteiger partial charge in [-0.05, 0) is 25.6 Å². The van der Waals surface area contributed by atoms with Gasteiger partial charge in [0.1, 0.15) is 0 Å². The fourth-order valence-electron chi connectivity index (χ4n) is 1.29. The zero-order valence-corrected chi connectivity index (χ0v) is 9.90. The van der Waals surface area contributed by atoms with Gasteiger partial charge in [0.05, 0.1) is 0 Å². The summed E-state index contributed by atoms with van der Waals surface area (Å²) in [4.78, 5) is 2.37. The minimum Gasteiger partial charge on any atom is -0.373 e. The molecule has 0 amide bonds. The summed E-state index contributed by atoms with van der Waals surface area (Å²) in [6, 6.07) is 0. The molecule has 1 heterocycles. The molecule has 0 aromatic heterocycles. The second-order valence-electron chi connectivity index (χ2n) is 3.53. The highest BCUT2D eigenvalue weighted by Crippen LogP contribution is 2.06. The Morgan fingerprint density at radius 3 is 2.56 bits per heavy atom. The molecule has 86 valence electrons. The van der Waals surface area contributed by atoms with Gasteiger partial charge in [-0.3, -0.25) is 0 Å². The Bertz CT molecular complexity index is 305. The molecule has 0 spiro atoms. The van der Waals surface area contributed by atoms with Gasteiger partial charge in [-0.15, -0.1) is 0 Å². The normalized spacial score (nSPS) is 12.8. The van der Waals surface area contributed by atoms with Crippen LogP contribution in [0.2, 0.25) is 0 Å². The van der Waals surface area contributed by atoms with Crippen LogP contribution in [0.4, 0.5) is 0 Å². The molecule has 4 nitrogen and oxygen atoms in total. The van der Waals surface area contributed by atoms with Crippen LogP contribution in [0.3, 0.4) is 0 Å². The molecule has 1 rings (SSSR count). The maximum absolute atomic E-state index is 7.48. The lowest BCUT2D eigenvalue weighted by Crippen LogP contribution is -2.22. The highest BCUT2D eigenvalue weighted by Gasteiger charge is 2.01. The van der Waals surface area contributed by atoms with Crippen LogP contribution >= 0.6 is 0 Å². The van der Waals surface area contributed by atoms with Gasteiger partial charge in [-0.25, -0.2) is 5.32 Å². The maximum atomic E-state index is 7.48. The average molecular weight is 218 g/mol. The molecule has 1 aliphatic rings. The Morgan fingerprint density at radius 1 is 1.44 bits per heavy atom. The van der Waals surface area contributed by atoms with Crippen molar-refractivity contribution in [1.82, 2.24) is 10.2 Å². The molecular weight excluding hydrogens is 200 g/mol. The Balaban J connectivity index is 0.000000385. The fourth-order valence-corrected chi connectivity index (χ4v) is 1.29. The van der Waals surface area contributed by atoms with Crippen LogP contribution in [0.15, 0.2) is 23.9 Å².